The molecule has 0 aliphatic heterocycles. The molecular formula is C19H20N2O2S. The van der Waals surface area contributed by atoms with Gasteiger partial charge in [-0.15, -0.1) is 11.3 Å². The van der Waals surface area contributed by atoms with Crippen molar-refractivity contribution in [2.75, 3.05) is 19.4 Å². The number of hydrogen-bond donors (Lipinski definition) is 1. The highest BCUT2D eigenvalue weighted by atomic mass is 32.1. The van der Waals surface area contributed by atoms with Crippen molar-refractivity contribution in [1.82, 2.24) is 4.90 Å². The number of likely N-dealkylation sites (N-methyl/N-ethyl adjacent to an activating group) is 1. The van der Waals surface area contributed by atoms with Crippen LogP contribution < -0.4 is 5.32 Å². The molecule has 3 aromatic rings. The van der Waals surface area contributed by atoms with Gasteiger partial charge in [0.2, 0.25) is 0 Å². The smallest absolute Gasteiger partial charge is 0.265 e. The van der Waals surface area contributed by atoms with Gasteiger partial charge < -0.3 is 14.6 Å². The zero-order valence-corrected chi connectivity index (χ0v) is 14.7. The fraction of sp³-hybridized carbons (Fsp3) is 0.316. The van der Waals surface area contributed by atoms with E-state index in [0.29, 0.717) is 6.04 Å². The Morgan fingerprint density at radius 2 is 2.21 bits per heavy atom. The molecule has 1 aromatic carbocycles. The van der Waals surface area contributed by atoms with Gasteiger partial charge >= 0.3 is 0 Å². The number of aryl methyl sites for hydroxylation is 1. The second kappa shape index (κ2) is 6.07. The topological polar surface area (TPSA) is 45.5 Å². The minimum absolute atomic E-state index is 0.0621. The summed E-state index contributed by atoms with van der Waals surface area (Å²) in [6.07, 6.45) is 3.10. The first kappa shape index (κ1) is 15.4. The van der Waals surface area contributed by atoms with Crippen LogP contribution in [0.2, 0.25) is 0 Å². The summed E-state index contributed by atoms with van der Waals surface area (Å²) in [5, 5.41) is 6.02. The number of rotatable bonds is 3. The fourth-order valence-corrected chi connectivity index (χ4v) is 4.00. The van der Waals surface area contributed by atoms with E-state index in [0.717, 1.165) is 46.6 Å². The van der Waals surface area contributed by atoms with Gasteiger partial charge in [0.1, 0.15) is 11.3 Å². The summed E-state index contributed by atoms with van der Waals surface area (Å²) in [6, 6.07) is 10.2. The monoisotopic (exact) mass is 340 g/mol. The standard InChI is InChI=1S/C19H20N2O2S/c1-21(2)13-6-8-17-15(11-13)14-10-12(5-7-16(14)23-17)20-19(22)18-4-3-9-24-18/h3-5,7,9-10,13H,6,8,11H2,1-2H3,(H,20,22). The number of nitrogens with zero attached hydrogens (tertiary/aromatic N) is 1. The number of carbonyl (C=O) groups is 1. The maximum absolute atomic E-state index is 12.2. The highest BCUT2D eigenvalue weighted by molar-refractivity contribution is 7.12. The van der Waals surface area contributed by atoms with Gasteiger partial charge in [-0.3, -0.25) is 4.79 Å². The van der Waals surface area contributed by atoms with Gasteiger partial charge in [0, 0.05) is 29.1 Å². The summed E-state index contributed by atoms with van der Waals surface area (Å²) in [6.45, 7) is 0. The highest BCUT2D eigenvalue weighted by Crippen LogP contribution is 2.34. The van der Waals surface area contributed by atoms with Gasteiger partial charge in [-0.2, -0.15) is 0 Å². The minimum Gasteiger partial charge on any atom is -0.461 e. The van der Waals surface area contributed by atoms with Crippen LogP contribution in [0.25, 0.3) is 11.0 Å². The van der Waals surface area contributed by atoms with Crippen LogP contribution in [-0.2, 0) is 12.8 Å². The molecule has 5 heteroatoms. The highest BCUT2D eigenvalue weighted by Gasteiger charge is 2.25. The Morgan fingerprint density at radius 3 is 2.96 bits per heavy atom. The molecule has 1 atom stereocenters. The van der Waals surface area contributed by atoms with Crippen molar-refractivity contribution in [1.29, 1.82) is 0 Å². The number of fused-ring (bicyclic) bond motifs is 3. The van der Waals surface area contributed by atoms with Crippen LogP contribution in [0.1, 0.15) is 27.4 Å². The Kier molecular flexibility index (Phi) is 3.90. The molecule has 4 rings (SSSR count). The second-order valence-corrected chi connectivity index (χ2v) is 7.45. The average Bonchev–Trinajstić information content (AvgIpc) is 3.21. The van der Waals surface area contributed by atoms with E-state index in [4.69, 9.17) is 4.42 Å². The predicted octanol–water partition coefficient (Wildman–Crippen LogP) is 4.17. The Balaban J connectivity index is 1.65. The zero-order valence-electron chi connectivity index (χ0n) is 13.8. The van der Waals surface area contributed by atoms with Crippen LogP contribution in [0.4, 0.5) is 5.69 Å². The maximum atomic E-state index is 12.2. The normalized spacial score (nSPS) is 17.2. The maximum Gasteiger partial charge on any atom is 0.265 e. The van der Waals surface area contributed by atoms with Gasteiger partial charge in [-0.25, -0.2) is 0 Å². The Bertz CT molecular complexity index is 880. The third-order valence-corrected chi connectivity index (χ3v) is 5.62. The molecule has 2 heterocycles. The molecule has 1 unspecified atom stereocenters. The van der Waals surface area contributed by atoms with E-state index < -0.39 is 0 Å². The van der Waals surface area contributed by atoms with E-state index in [-0.39, 0.29) is 5.91 Å². The van der Waals surface area contributed by atoms with Gasteiger partial charge in [-0.05, 0) is 56.6 Å². The van der Waals surface area contributed by atoms with Gasteiger partial charge in [0.05, 0.1) is 4.88 Å². The van der Waals surface area contributed by atoms with E-state index in [1.165, 1.54) is 16.9 Å². The molecule has 1 aliphatic rings. The summed E-state index contributed by atoms with van der Waals surface area (Å²) >= 11 is 1.45. The zero-order chi connectivity index (χ0) is 16.7. The molecule has 1 amide bonds. The molecule has 0 bridgehead atoms. The van der Waals surface area contributed by atoms with Crippen molar-refractivity contribution >= 4 is 33.9 Å². The van der Waals surface area contributed by atoms with E-state index in [9.17, 15) is 4.79 Å². The minimum atomic E-state index is -0.0621. The van der Waals surface area contributed by atoms with E-state index >= 15 is 0 Å². The number of thiophene rings is 1. The lowest BCUT2D eigenvalue weighted by atomic mass is 9.91. The van der Waals surface area contributed by atoms with Crippen molar-refractivity contribution in [3.8, 4) is 0 Å². The largest absolute Gasteiger partial charge is 0.461 e. The van der Waals surface area contributed by atoms with Crippen molar-refractivity contribution in [3.05, 3.63) is 51.9 Å². The second-order valence-electron chi connectivity index (χ2n) is 6.51. The molecule has 0 spiro atoms. The molecule has 1 aliphatic carbocycles. The summed E-state index contributed by atoms with van der Waals surface area (Å²) < 4.78 is 6.02. The van der Waals surface area contributed by atoms with Crippen molar-refractivity contribution in [3.63, 3.8) is 0 Å². The summed E-state index contributed by atoms with van der Waals surface area (Å²) in [7, 11) is 4.26. The predicted molar refractivity (Wildman–Crippen MR) is 98.0 cm³/mol. The average molecular weight is 340 g/mol. The fourth-order valence-electron chi connectivity index (χ4n) is 3.38. The molecule has 1 N–H and O–H groups in total. The molecular weight excluding hydrogens is 320 g/mol. The van der Waals surface area contributed by atoms with Crippen LogP contribution >= 0.6 is 11.3 Å². The Morgan fingerprint density at radius 1 is 1.33 bits per heavy atom. The first-order valence-corrected chi connectivity index (χ1v) is 9.05. The SMILES string of the molecule is CN(C)C1CCc2oc3ccc(NC(=O)c4cccs4)cc3c2C1. The van der Waals surface area contributed by atoms with Crippen LogP contribution in [-0.4, -0.2) is 30.9 Å². The molecule has 0 fully saturated rings. The molecule has 124 valence electrons. The molecule has 2 aromatic heterocycles. The number of benzene rings is 1. The first-order valence-electron chi connectivity index (χ1n) is 8.17. The van der Waals surface area contributed by atoms with Crippen LogP contribution in [0.15, 0.2) is 40.1 Å². The van der Waals surface area contributed by atoms with Gasteiger partial charge in [0.25, 0.3) is 5.91 Å². The number of carbonyl (C=O) groups excluding carboxylic acids is 1. The third-order valence-electron chi connectivity index (χ3n) is 4.75. The number of hydrogen-bond acceptors (Lipinski definition) is 4. The van der Waals surface area contributed by atoms with Crippen molar-refractivity contribution < 1.29 is 9.21 Å². The molecule has 0 saturated carbocycles. The van der Waals surface area contributed by atoms with Crippen LogP contribution in [0, 0.1) is 0 Å². The lowest BCUT2D eigenvalue weighted by molar-refractivity contribution is 0.103. The molecule has 0 radical (unpaired) electrons. The number of amides is 1. The van der Waals surface area contributed by atoms with Crippen LogP contribution in [0.5, 0.6) is 0 Å². The van der Waals surface area contributed by atoms with Gasteiger partial charge in [0.15, 0.2) is 0 Å². The van der Waals surface area contributed by atoms with Crippen molar-refractivity contribution in [2.24, 2.45) is 0 Å². The summed E-state index contributed by atoms with van der Waals surface area (Å²) in [5.41, 5.74) is 3.02. The van der Waals surface area contributed by atoms with E-state index in [1.54, 1.807) is 0 Å². The Hall–Kier alpha value is -2.11. The van der Waals surface area contributed by atoms with Crippen LogP contribution in [0.3, 0.4) is 0 Å². The summed E-state index contributed by atoms with van der Waals surface area (Å²) in [4.78, 5) is 15.3. The molecule has 4 nitrogen and oxygen atoms in total. The molecule has 24 heavy (non-hydrogen) atoms. The Labute approximate surface area is 145 Å². The molecule has 0 saturated heterocycles. The van der Waals surface area contributed by atoms with Gasteiger partial charge in [-0.1, -0.05) is 6.07 Å². The van der Waals surface area contributed by atoms with E-state index in [1.807, 2.05) is 35.7 Å². The lowest BCUT2D eigenvalue weighted by Gasteiger charge is -2.27. The number of nitrogens with one attached hydrogen (secondary N) is 1. The quantitative estimate of drug-likeness (QED) is 0.778. The summed E-state index contributed by atoms with van der Waals surface area (Å²) in [5.74, 6) is 1.04. The number of furan rings is 1. The lowest BCUT2D eigenvalue weighted by Crippen LogP contribution is -2.33. The third kappa shape index (κ3) is 2.74. The van der Waals surface area contributed by atoms with Crippen molar-refractivity contribution in [2.45, 2.75) is 25.3 Å². The first-order chi connectivity index (χ1) is 11.6. The van der Waals surface area contributed by atoms with E-state index in [2.05, 4.69) is 24.3 Å². The number of anilines is 1.